The van der Waals surface area contributed by atoms with Crippen molar-refractivity contribution < 1.29 is 18.3 Å². The molecule has 1 fully saturated rings. The summed E-state index contributed by atoms with van der Waals surface area (Å²) in [6, 6.07) is 4.67. The van der Waals surface area contributed by atoms with Crippen LogP contribution in [0.5, 0.6) is 5.75 Å². The Hall–Kier alpha value is -0.870. The molecule has 2 rings (SSSR count). The molecule has 1 heterocycles. The first-order valence-electron chi connectivity index (χ1n) is 4.02. The molecule has 1 aliphatic heterocycles. The van der Waals surface area contributed by atoms with E-state index in [2.05, 4.69) is 4.74 Å². The molecule has 0 bridgehead atoms. The van der Waals surface area contributed by atoms with E-state index in [0.717, 1.165) is 5.56 Å². The Kier molecular flexibility index (Phi) is 2.56. The van der Waals surface area contributed by atoms with Gasteiger partial charge in [0.15, 0.2) is 0 Å². The number of rotatable bonds is 3. The Morgan fingerprint density at radius 2 is 2.21 bits per heavy atom. The molecule has 2 nitrogen and oxygen atoms in total. The van der Waals surface area contributed by atoms with Gasteiger partial charge < -0.3 is 9.47 Å². The van der Waals surface area contributed by atoms with Gasteiger partial charge in [-0.3, -0.25) is 0 Å². The minimum absolute atomic E-state index is 0.00827. The molecule has 1 saturated heterocycles. The van der Waals surface area contributed by atoms with Crippen LogP contribution in [-0.4, -0.2) is 13.2 Å². The highest BCUT2D eigenvalue weighted by molar-refractivity contribution is 6.32. The standard InChI is InChI=1S/C9H7ClF2O2/c10-6-3-5(8-4-13-8)1-2-7(6)14-9(11)12/h1-3,8-9H,4H2/t8-/m1/s1. The highest BCUT2D eigenvalue weighted by Crippen LogP contribution is 2.35. The van der Waals surface area contributed by atoms with E-state index in [0.29, 0.717) is 6.61 Å². The number of ether oxygens (including phenoxy) is 2. The molecule has 0 spiro atoms. The zero-order valence-electron chi connectivity index (χ0n) is 7.04. The lowest BCUT2D eigenvalue weighted by molar-refractivity contribution is -0.0497. The smallest absolute Gasteiger partial charge is 0.387 e. The number of hydrogen-bond donors (Lipinski definition) is 0. The zero-order valence-corrected chi connectivity index (χ0v) is 7.80. The molecule has 1 aromatic carbocycles. The van der Waals surface area contributed by atoms with Crippen molar-refractivity contribution in [2.75, 3.05) is 6.61 Å². The summed E-state index contributed by atoms with van der Waals surface area (Å²) >= 11 is 5.73. The maximum Gasteiger partial charge on any atom is 0.387 e. The van der Waals surface area contributed by atoms with Crippen molar-refractivity contribution in [3.8, 4) is 5.75 Å². The van der Waals surface area contributed by atoms with Crippen LogP contribution >= 0.6 is 11.6 Å². The van der Waals surface area contributed by atoms with Crippen LogP contribution in [0.3, 0.4) is 0 Å². The number of hydrogen-bond acceptors (Lipinski definition) is 2. The highest BCUT2D eigenvalue weighted by atomic mass is 35.5. The summed E-state index contributed by atoms with van der Waals surface area (Å²) in [6.07, 6.45) is 0.0631. The van der Waals surface area contributed by atoms with Crippen LogP contribution in [0.25, 0.3) is 0 Å². The summed E-state index contributed by atoms with van der Waals surface area (Å²) in [5, 5.41) is 0.179. The van der Waals surface area contributed by atoms with E-state index in [1.54, 1.807) is 12.1 Å². The van der Waals surface area contributed by atoms with E-state index in [4.69, 9.17) is 16.3 Å². The van der Waals surface area contributed by atoms with E-state index in [-0.39, 0.29) is 16.9 Å². The van der Waals surface area contributed by atoms with Gasteiger partial charge in [0.2, 0.25) is 0 Å². The van der Waals surface area contributed by atoms with Crippen LogP contribution in [-0.2, 0) is 4.74 Å². The first-order chi connectivity index (χ1) is 6.66. The van der Waals surface area contributed by atoms with Crippen molar-refractivity contribution in [1.82, 2.24) is 0 Å². The van der Waals surface area contributed by atoms with Crippen molar-refractivity contribution >= 4 is 11.6 Å². The van der Waals surface area contributed by atoms with Crippen LogP contribution in [0, 0.1) is 0 Å². The molecule has 0 aromatic heterocycles. The lowest BCUT2D eigenvalue weighted by Gasteiger charge is -2.07. The van der Waals surface area contributed by atoms with Gasteiger partial charge in [-0.05, 0) is 17.7 Å². The van der Waals surface area contributed by atoms with Gasteiger partial charge in [-0.25, -0.2) is 0 Å². The average molecular weight is 221 g/mol. The van der Waals surface area contributed by atoms with Crippen molar-refractivity contribution in [3.63, 3.8) is 0 Å². The van der Waals surface area contributed by atoms with E-state index in [9.17, 15) is 8.78 Å². The largest absolute Gasteiger partial charge is 0.433 e. The zero-order chi connectivity index (χ0) is 10.1. The maximum absolute atomic E-state index is 11.9. The van der Waals surface area contributed by atoms with Gasteiger partial charge in [-0.2, -0.15) is 8.78 Å². The van der Waals surface area contributed by atoms with E-state index >= 15 is 0 Å². The maximum atomic E-state index is 11.9. The summed E-state index contributed by atoms with van der Waals surface area (Å²) < 4.78 is 32.9. The Morgan fingerprint density at radius 1 is 1.50 bits per heavy atom. The Balaban J connectivity index is 2.17. The fraction of sp³-hybridized carbons (Fsp3) is 0.333. The second kappa shape index (κ2) is 3.71. The Labute approximate surface area is 84.4 Å². The molecule has 1 atom stereocenters. The minimum Gasteiger partial charge on any atom is -0.433 e. The summed E-state index contributed by atoms with van der Waals surface area (Å²) in [5.41, 5.74) is 0.886. The monoisotopic (exact) mass is 220 g/mol. The third-order valence-corrected chi connectivity index (χ3v) is 2.17. The van der Waals surface area contributed by atoms with Crippen LogP contribution in [0.4, 0.5) is 8.78 Å². The van der Waals surface area contributed by atoms with E-state index < -0.39 is 6.61 Å². The van der Waals surface area contributed by atoms with Gasteiger partial charge in [-0.15, -0.1) is 0 Å². The van der Waals surface area contributed by atoms with Gasteiger partial charge in [0.25, 0.3) is 0 Å². The Morgan fingerprint density at radius 3 is 2.71 bits per heavy atom. The van der Waals surface area contributed by atoms with Crippen molar-refractivity contribution in [3.05, 3.63) is 28.8 Å². The van der Waals surface area contributed by atoms with Gasteiger partial charge in [0, 0.05) is 0 Å². The highest BCUT2D eigenvalue weighted by Gasteiger charge is 2.25. The molecule has 0 saturated carbocycles. The summed E-state index contributed by atoms with van der Waals surface area (Å²) in [7, 11) is 0. The van der Waals surface area contributed by atoms with Crippen LogP contribution < -0.4 is 4.74 Å². The van der Waals surface area contributed by atoms with Crippen molar-refractivity contribution in [1.29, 1.82) is 0 Å². The second-order valence-corrected chi connectivity index (χ2v) is 3.30. The normalized spacial score (nSPS) is 19.9. The molecule has 0 aliphatic carbocycles. The fourth-order valence-electron chi connectivity index (χ4n) is 1.15. The lowest BCUT2D eigenvalue weighted by Crippen LogP contribution is -2.02. The van der Waals surface area contributed by atoms with Gasteiger partial charge in [0.1, 0.15) is 11.9 Å². The van der Waals surface area contributed by atoms with Crippen molar-refractivity contribution in [2.24, 2.45) is 0 Å². The predicted molar refractivity (Wildman–Crippen MR) is 46.8 cm³/mol. The molecule has 1 aliphatic rings. The van der Waals surface area contributed by atoms with Gasteiger partial charge >= 0.3 is 6.61 Å². The molecule has 1 aromatic rings. The molecule has 76 valence electrons. The van der Waals surface area contributed by atoms with Crippen LogP contribution in [0.15, 0.2) is 18.2 Å². The summed E-state index contributed by atoms with van der Waals surface area (Å²) in [5.74, 6) is -0.00827. The molecule has 0 radical (unpaired) electrons. The van der Waals surface area contributed by atoms with Gasteiger partial charge in [0.05, 0.1) is 11.6 Å². The first kappa shape index (κ1) is 9.68. The first-order valence-corrected chi connectivity index (χ1v) is 4.40. The average Bonchev–Trinajstić information content (AvgIpc) is 2.90. The predicted octanol–water partition coefficient (Wildman–Crippen LogP) is 3.01. The molecular weight excluding hydrogens is 214 g/mol. The molecule has 5 heteroatoms. The van der Waals surface area contributed by atoms with Gasteiger partial charge in [-0.1, -0.05) is 17.7 Å². The number of alkyl halides is 2. The molecule has 0 N–H and O–H groups in total. The number of epoxide rings is 1. The van der Waals surface area contributed by atoms with Crippen LogP contribution in [0.2, 0.25) is 5.02 Å². The quantitative estimate of drug-likeness (QED) is 0.731. The molecule has 0 unspecified atom stereocenters. The number of halogens is 3. The van der Waals surface area contributed by atoms with E-state index in [1.807, 2.05) is 0 Å². The van der Waals surface area contributed by atoms with Crippen molar-refractivity contribution in [2.45, 2.75) is 12.7 Å². The summed E-state index contributed by atoms with van der Waals surface area (Å²) in [6.45, 7) is -2.19. The van der Waals surface area contributed by atoms with Crippen LogP contribution in [0.1, 0.15) is 11.7 Å². The Bertz CT molecular complexity index is 340. The molecular formula is C9H7ClF2O2. The summed E-state index contributed by atoms with van der Waals surface area (Å²) in [4.78, 5) is 0. The lowest BCUT2D eigenvalue weighted by atomic mass is 10.1. The minimum atomic E-state index is -2.85. The topological polar surface area (TPSA) is 21.8 Å². The SMILES string of the molecule is FC(F)Oc1ccc([C@H]2CO2)cc1Cl. The third kappa shape index (κ3) is 2.13. The molecule has 14 heavy (non-hydrogen) atoms. The second-order valence-electron chi connectivity index (χ2n) is 2.89. The molecule has 0 amide bonds. The fourth-order valence-corrected chi connectivity index (χ4v) is 1.38. The third-order valence-electron chi connectivity index (χ3n) is 1.88. The van der Waals surface area contributed by atoms with E-state index in [1.165, 1.54) is 6.07 Å². The number of benzene rings is 1.